The number of imidazole rings is 1. The molecule has 2 heterocycles. The van der Waals surface area contributed by atoms with Gasteiger partial charge in [-0.05, 0) is 18.9 Å². The van der Waals surface area contributed by atoms with Crippen LogP contribution in [0.15, 0.2) is 35.6 Å². The van der Waals surface area contributed by atoms with Crippen LogP contribution in [0.2, 0.25) is 0 Å². The molecule has 4 rings (SSSR count). The number of aryl methyl sites for hydroxylation is 1. The van der Waals surface area contributed by atoms with E-state index < -0.39 is 0 Å². The quantitative estimate of drug-likeness (QED) is 0.920. The first kappa shape index (κ1) is 14.8. The molecule has 1 aliphatic heterocycles. The van der Waals surface area contributed by atoms with Gasteiger partial charge in [0.25, 0.3) is 0 Å². The first-order valence-electron chi connectivity index (χ1n) is 8.41. The number of benzene rings is 1. The van der Waals surface area contributed by atoms with Crippen LogP contribution in [0.1, 0.15) is 32.1 Å². The lowest BCUT2D eigenvalue weighted by atomic mass is 9.88. The number of thioether (sulfide) groups is 1. The lowest BCUT2D eigenvalue weighted by molar-refractivity contribution is -0.120. The molecule has 120 valence electrons. The molecule has 2 aromatic rings. The number of anilines is 1. The molecule has 1 aliphatic carbocycles. The molecule has 2 aliphatic rings. The van der Waals surface area contributed by atoms with Crippen molar-refractivity contribution in [1.82, 2.24) is 9.55 Å². The number of rotatable bonds is 3. The Morgan fingerprint density at radius 2 is 2.04 bits per heavy atom. The Hall–Kier alpha value is -1.75. The fourth-order valence-electron chi connectivity index (χ4n) is 3.45. The average Bonchev–Trinajstić information content (AvgIpc) is 3.18. The van der Waals surface area contributed by atoms with E-state index in [1.54, 1.807) is 11.8 Å². The van der Waals surface area contributed by atoms with Gasteiger partial charge in [-0.25, -0.2) is 4.98 Å². The Kier molecular flexibility index (Phi) is 4.12. The zero-order chi connectivity index (χ0) is 15.6. The van der Waals surface area contributed by atoms with Crippen molar-refractivity contribution in [3.05, 3.63) is 30.5 Å². The minimum Gasteiger partial charge on any atom is -0.325 e. The zero-order valence-electron chi connectivity index (χ0n) is 13.1. The standard InChI is InChI=1S/C18H21N3OS/c22-17(13-6-2-1-3-7-13)19-15-9-5-4-8-14(15)16-12-21-10-11-23-18(21)20-16/h4-5,8-9,12-13H,1-3,6-7,10-11H2,(H,19,22). The van der Waals surface area contributed by atoms with Crippen LogP contribution in [-0.2, 0) is 11.3 Å². The number of nitrogens with one attached hydrogen (secondary N) is 1. The second-order valence-corrected chi connectivity index (χ2v) is 7.38. The third-order valence-electron chi connectivity index (χ3n) is 4.74. The summed E-state index contributed by atoms with van der Waals surface area (Å²) in [5.74, 6) is 1.43. The van der Waals surface area contributed by atoms with Crippen LogP contribution in [-0.4, -0.2) is 21.2 Å². The highest BCUT2D eigenvalue weighted by atomic mass is 32.2. The predicted octanol–water partition coefficient (Wildman–Crippen LogP) is 4.17. The molecule has 0 saturated heterocycles. The minimum atomic E-state index is 0.165. The molecule has 1 N–H and O–H groups in total. The van der Waals surface area contributed by atoms with Gasteiger partial charge >= 0.3 is 0 Å². The zero-order valence-corrected chi connectivity index (χ0v) is 13.9. The number of fused-ring (bicyclic) bond motifs is 1. The highest BCUT2D eigenvalue weighted by Gasteiger charge is 2.23. The molecule has 1 fully saturated rings. The van der Waals surface area contributed by atoms with Crippen molar-refractivity contribution < 1.29 is 4.79 Å². The van der Waals surface area contributed by atoms with Crippen LogP contribution in [0.5, 0.6) is 0 Å². The predicted molar refractivity (Wildman–Crippen MR) is 93.6 cm³/mol. The topological polar surface area (TPSA) is 46.9 Å². The van der Waals surface area contributed by atoms with Crippen molar-refractivity contribution in [2.45, 2.75) is 43.8 Å². The van der Waals surface area contributed by atoms with Crippen LogP contribution < -0.4 is 5.32 Å². The van der Waals surface area contributed by atoms with Gasteiger partial charge in [0.15, 0.2) is 5.16 Å². The molecule has 1 saturated carbocycles. The Balaban J connectivity index is 1.57. The maximum Gasteiger partial charge on any atom is 0.227 e. The van der Waals surface area contributed by atoms with E-state index in [0.717, 1.165) is 47.2 Å². The molecule has 1 aromatic carbocycles. The molecule has 23 heavy (non-hydrogen) atoms. The number of aromatic nitrogens is 2. The van der Waals surface area contributed by atoms with Crippen LogP contribution in [0, 0.1) is 5.92 Å². The van der Waals surface area contributed by atoms with Crippen molar-refractivity contribution in [3.8, 4) is 11.3 Å². The first-order chi connectivity index (χ1) is 11.3. The van der Waals surface area contributed by atoms with Gasteiger partial charge in [-0.2, -0.15) is 0 Å². The molecule has 0 spiro atoms. The van der Waals surface area contributed by atoms with Crippen LogP contribution >= 0.6 is 11.8 Å². The van der Waals surface area contributed by atoms with E-state index in [2.05, 4.69) is 16.1 Å². The molecule has 0 radical (unpaired) electrons. The molecule has 0 bridgehead atoms. The summed E-state index contributed by atoms with van der Waals surface area (Å²) >= 11 is 1.79. The van der Waals surface area contributed by atoms with Gasteiger partial charge in [0, 0.05) is 30.0 Å². The average molecular weight is 327 g/mol. The van der Waals surface area contributed by atoms with Crippen LogP contribution in [0.25, 0.3) is 11.3 Å². The largest absolute Gasteiger partial charge is 0.325 e. The Morgan fingerprint density at radius 3 is 2.87 bits per heavy atom. The van der Waals surface area contributed by atoms with E-state index in [9.17, 15) is 4.79 Å². The third kappa shape index (κ3) is 3.02. The molecule has 5 heteroatoms. The normalized spacial score (nSPS) is 17.9. The van der Waals surface area contributed by atoms with E-state index in [-0.39, 0.29) is 11.8 Å². The van der Waals surface area contributed by atoms with Crippen molar-refractivity contribution >= 4 is 23.4 Å². The van der Waals surface area contributed by atoms with Gasteiger partial charge in [-0.15, -0.1) is 0 Å². The van der Waals surface area contributed by atoms with E-state index in [0.29, 0.717) is 0 Å². The number of carbonyl (C=O) groups excluding carboxylic acids is 1. The number of hydrogen-bond donors (Lipinski definition) is 1. The smallest absolute Gasteiger partial charge is 0.227 e. The number of nitrogens with zero attached hydrogens (tertiary/aromatic N) is 2. The molecule has 1 aromatic heterocycles. The number of para-hydroxylation sites is 1. The summed E-state index contributed by atoms with van der Waals surface area (Å²) in [4.78, 5) is 17.3. The van der Waals surface area contributed by atoms with Crippen molar-refractivity contribution in [1.29, 1.82) is 0 Å². The maximum absolute atomic E-state index is 12.5. The highest BCUT2D eigenvalue weighted by molar-refractivity contribution is 7.99. The number of hydrogen-bond acceptors (Lipinski definition) is 3. The van der Waals surface area contributed by atoms with Gasteiger partial charge < -0.3 is 9.88 Å². The molecule has 1 amide bonds. The van der Waals surface area contributed by atoms with Gasteiger partial charge in [-0.1, -0.05) is 49.2 Å². The minimum absolute atomic E-state index is 0.165. The SMILES string of the molecule is O=C(Nc1ccccc1-c1cn2c(n1)SCC2)C1CCCCC1. The van der Waals surface area contributed by atoms with Crippen LogP contribution in [0.3, 0.4) is 0 Å². The summed E-state index contributed by atoms with van der Waals surface area (Å²) in [5, 5.41) is 4.23. The third-order valence-corrected chi connectivity index (χ3v) is 5.71. The summed E-state index contributed by atoms with van der Waals surface area (Å²) in [6, 6.07) is 7.99. The lowest BCUT2D eigenvalue weighted by Gasteiger charge is -2.21. The van der Waals surface area contributed by atoms with Crippen molar-refractivity contribution in [2.24, 2.45) is 5.92 Å². The molecular formula is C18H21N3OS. The van der Waals surface area contributed by atoms with E-state index >= 15 is 0 Å². The van der Waals surface area contributed by atoms with Crippen LogP contribution in [0.4, 0.5) is 5.69 Å². The number of amides is 1. The fraction of sp³-hybridized carbons (Fsp3) is 0.444. The lowest BCUT2D eigenvalue weighted by Crippen LogP contribution is -2.24. The van der Waals surface area contributed by atoms with Crippen molar-refractivity contribution in [3.63, 3.8) is 0 Å². The second-order valence-electron chi connectivity index (χ2n) is 6.32. The summed E-state index contributed by atoms with van der Waals surface area (Å²) in [5.41, 5.74) is 2.84. The van der Waals surface area contributed by atoms with E-state index in [4.69, 9.17) is 4.98 Å². The summed E-state index contributed by atoms with van der Waals surface area (Å²) in [7, 11) is 0. The highest BCUT2D eigenvalue weighted by Crippen LogP contribution is 2.33. The Morgan fingerprint density at radius 1 is 1.22 bits per heavy atom. The second kappa shape index (κ2) is 6.40. The molecule has 0 atom stereocenters. The van der Waals surface area contributed by atoms with E-state index in [1.165, 1.54) is 19.3 Å². The van der Waals surface area contributed by atoms with Gasteiger partial charge in [-0.3, -0.25) is 4.79 Å². The van der Waals surface area contributed by atoms with E-state index in [1.807, 2.05) is 24.3 Å². The molecule has 0 unspecified atom stereocenters. The summed E-state index contributed by atoms with van der Waals surface area (Å²) in [6.07, 6.45) is 7.74. The Bertz CT molecular complexity index is 697. The van der Waals surface area contributed by atoms with Gasteiger partial charge in [0.05, 0.1) is 11.4 Å². The molecule has 4 nitrogen and oxygen atoms in total. The van der Waals surface area contributed by atoms with Gasteiger partial charge in [0.1, 0.15) is 0 Å². The van der Waals surface area contributed by atoms with Gasteiger partial charge in [0.2, 0.25) is 5.91 Å². The Labute approximate surface area is 140 Å². The summed E-state index contributed by atoms with van der Waals surface area (Å²) < 4.78 is 2.19. The fourth-order valence-corrected chi connectivity index (χ4v) is 4.40. The first-order valence-corrected chi connectivity index (χ1v) is 9.40. The maximum atomic E-state index is 12.5. The number of carbonyl (C=O) groups is 1. The van der Waals surface area contributed by atoms with Crippen molar-refractivity contribution in [2.75, 3.05) is 11.1 Å². The summed E-state index contributed by atoms with van der Waals surface area (Å²) in [6.45, 7) is 1.02. The monoisotopic (exact) mass is 327 g/mol. The molecular weight excluding hydrogens is 306 g/mol.